The minimum atomic E-state index is -0.894. The predicted octanol–water partition coefficient (Wildman–Crippen LogP) is 0.685. The van der Waals surface area contributed by atoms with Gasteiger partial charge in [-0.2, -0.15) is 0 Å². The van der Waals surface area contributed by atoms with E-state index in [1.807, 2.05) is 0 Å². The highest BCUT2D eigenvalue weighted by Gasteiger charge is 2.35. The molecule has 0 saturated carbocycles. The number of nitro groups is 2. The summed E-state index contributed by atoms with van der Waals surface area (Å²) >= 11 is 0. The second-order valence-corrected chi connectivity index (χ2v) is 4.35. The number of rotatable bonds is 5. The minimum absolute atomic E-state index is 0.189. The molecular formula is C12H14N4O4. The Morgan fingerprint density at radius 1 is 1.15 bits per heavy atom. The Morgan fingerprint density at radius 2 is 1.75 bits per heavy atom. The van der Waals surface area contributed by atoms with Gasteiger partial charge in [0.05, 0.1) is 4.92 Å². The Morgan fingerprint density at radius 3 is 2.25 bits per heavy atom. The van der Waals surface area contributed by atoms with E-state index in [1.54, 1.807) is 30.3 Å². The van der Waals surface area contributed by atoms with Gasteiger partial charge in [-0.15, -0.1) is 0 Å². The van der Waals surface area contributed by atoms with Crippen molar-refractivity contribution in [1.29, 1.82) is 0 Å². The second kappa shape index (κ2) is 6.00. The molecular weight excluding hydrogens is 264 g/mol. The van der Waals surface area contributed by atoms with Gasteiger partial charge in [-0.05, 0) is 5.56 Å². The van der Waals surface area contributed by atoms with Gasteiger partial charge in [0.1, 0.15) is 5.92 Å². The van der Waals surface area contributed by atoms with Crippen molar-refractivity contribution in [2.24, 2.45) is 0 Å². The highest BCUT2D eigenvalue weighted by molar-refractivity contribution is 5.28. The summed E-state index contributed by atoms with van der Waals surface area (Å²) in [5, 5.41) is 27.9. The molecule has 8 nitrogen and oxygen atoms in total. The molecule has 8 heteroatoms. The molecule has 0 aromatic heterocycles. The molecule has 1 aromatic carbocycles. The van der Waals surface area contributed by atoms with Gasteiger partial charge in [-0.25, -0.2) is 0 Å². The van der Waals surface area contributed by atoms with E-state index >= 15 is 0 Å². The van der Waals surface area contributed by atoms with Crippen molar-refractivity contribution in [3.05, 3.63) is 67.6 Å². The predicted molar refractivity (Wildman–Crippen MR) is 71.1 cm³/mol. The third-order valence-corrected chi connectivity index (χ3v) is 3.05. The highest BCUT2D eigenvalue weighted by atomic mass is 16.6. The van der Waals surface area contributed by atoms with Crippen LogP contribution in [0, 0.1) is 20.2 Å². The average molecular weight is 278 g/mol. The topological polar surface area (TPSA) is 110 Å². The third kappa shape index (κ3) is 3.02. The van der Waals surface area contributed by atoms with E-state index < -0.39 is 22.3 Å². The number of hydrogen-bond donors (Lipinski definition) is 2. The molecule has 0 amide bonds. The lowest BCUT2D eigenvalue weighted by atomic mass is 9.95. The van der Waals surface area contributed by atoms with Crippen LogP contribution < -0.4 is 10.6 Å². The molecule has 0 bridgehead atoms. The third-order valence-electron chi connectivity index (χ3n) is 3.05. The lowest BCUT2D eigenvalue weighted by Crippen LogP contribution is -2.26. The monoisotopic (exact) mass is 278 g/mol. The normalized spacial score (nSPS) is 15.1. The SMILES string of the molecule is O=[N+]([O-])CC(C(=C1NCCN1)[N+](=O)[O-])c1ccccc1. The summed E-state index contributed by atoms with van der Waals surface area (Å²) in [6.45, 7) is 0.604. The zero-order valence-electron chi connectivity index (χ0n) is 10.6. The van der Waals surface area contributed by atoms with Gasteiger partial charge in [0.25, 0.3) is 5.70 Å². The summed E-state index contributed by atoms with van der Waals surface area (Å²) in [6, 6.07) is 8.50. The molecule has 1 aliphatic heterocycles. The zero-order chi connectivity index (χ0) is 14.5. The zero-order valence-corrected chi connectivity index (χ0v) is 10.6. The van der Waals surface area contributed by atoms with Crippen molar-refractivity contribution in [2.45, 2.75) is 5.92 Å². The molecule has 2 rings (SSSR count). The van der Waals surface area contributed by atoms with Gasteiger partial charge in [-0.1, -0.05) is 30.3 Å². The molecule has 1 aromatic rings. The van der Waals surface area contributed by atoms with Crippen LogP contribution in [0.4, 0.5) is 0 Å². The van der Waals surface area contributed by atoms with Crippen LogP contribution >= 0.6 is 0 Å². The first kappa shape index (κ1) is 13.8. The van der Waals surface area contributed by atoms with Gasteiger partial charge in [-0.3, -0.25) is 20.2 Å². The van der Waals surface area contributed by atoms with Gasteiger partial charge in [0.2, 0.25) is 6.54 Å². The maximum absolute atomic E-state index is 11.3. The molecule has 1 unspecified atom stereocenters. The Labute approximate surface area is 114 Å². The summed E-state index contributed by atoms with van der Waals surface area (Å²) in [6.07, 6.45) is 0. The van der Waals surface area contributed by atoms with Gasteiger partial charge in [0, 0.05) is 18.0 Å². The van der Waals surface area contributed by atoms with Crippen molar-refractivity contribution in [3.63, 3.8) is 0 Å². The summed E-state index contributed by atoms with van der Waals surface area (Å²) in [4.78, 5) is 21.1. The first-order valence-electron chi connectivity index (χ1n) is 6.12. The Bertz CT molecular complexity index is 536. The van der Waals surface area contributed by atoms with Crippen LogP contribution in [0.2, 0.25) is 0 Å². The minimum Gasteiger partial charge on any atom is -0.365 e. The van der Waals surface area contributed by atoms with Crippen LogP contribution in [0.15, 0.2) is 41.8 Å². The first-order valence-corrected chi connectivity index (χ1v) is 6.12. The molecule has 1 saturated heterocycles. The van der Waals surface area contributed by atoms with Crippen molar-refractivity contribution < 1.29 is 9.85 Å². The summed E-state index contributed by atoms with van der Waals surface area (Å²) < 4.78 is 0. The number of hydrogen-bond acceptors (Lipinski definition) is 6. The van der Waals surface area contributed by atoms with Crippen LogP contribution in [-0.2, 0) is 0 Å². The Balaban J connectivity index is 2.46. The van der Waals surface area contributed by atoms with Gasteiger partial charge in [0.15, 0.2) is 5.82 Å². The van der Waals surface area contributed by atoms with E-state index in [1.165, 1.54) is 0 Å². The first-order chi connectivity index (χ1) is 9.59. The van der Waals surface area contributed by atoms with E-state index in [2.05, 4.69) is 10.6 Å². The van der Waals surface area contributed by atoms with Crippen LogP contribution in [-0.4, -0.2) is 29.5 Å². The number of nitrogens with one attached hydrogen (secondary N) is 2. The summed E-state index contributed by atoms with van der Waals surface area (Å²) in [5.41, 5.74) is 0.365. The fraction of sp³-hybridized carbons (Fsp3) is 0.333. The van der Waals surface area contributed by atoms with Crippen LogP contribution in [0.25, 0.3) is 0 Å². The van der Waals surface area contributed by atoms with E-state index in [0.29, 0.717) is 18.7 Å². The number of benzene rings is 1. The molecule has 106 valence electrons. The average Bonchev–Trinajstić information content (AvgIpc) is 2.92. The standard InChI is InChI=1S/C12H14N4O4/c17-15(18)8-10(9-4-2-1-3-5-9)11(16(19)20)12-13-6-7-14-12/h1-5,10,13-14H,6-8H2. The molecule has 1 fully saturated rings. The molecule has 1 atom stereocenters. The van der Waals surface area contributed by atoms with Crippen LogP contribution in [0.1, 0.15) is 11.5 Å². The van der Waals surface area contributed by atoms with Crippen molar-refractivity contribution in [2.75, 3.05) is 19.6 Å². The lowest BCUT2D eigenvalue weighted by molar-refractivity contribution is -0.494. The Kier molecular flexibility index (Phi) is 4.14. The molecule has 0 radical (unpaired) electrons. The highest BCUT2D eigenvalue weighted by Crippen LogP contribution is 2.26. The van der Waals surface area contributed by atoms with E-state index in [0.717, 1.165) is 0 Å². The fourth-order valence-corrected chi connectivity index (χ4v) is 2.20. The summed E-state index contributed by atoms with van der Waals surface area (Å²) in [7, 11) is 0. The number of nitrogens with zero attached hydrogens (tertiary/aromatic N) is 2. The van der Waals surface area contributed by atoms with Crippen molar-refractivity contribution in [1.82, 2.24) is 10.6 Å². The molecule has 0 spiro atoms. The molecule has 20 heavy (non-hydrogen) atoms. The van der Waals surface area contributed by atoms with E-state index in [9.17, 15) is 20.2 Å². The van der Waals surface area contributed by atoms with Gasteiger partial charge >= 0.3 is 0 Å². The van der Waals surface area contributed by atoms with E-state index in [-0.39, 0.29) is 11.5 Å². The largest absolute Gasteiger partial charge is 0.365 e. The Hall–Kier alpha value is -2.64. The molecule has 1 heterocycles. The van der Waals surface area contributed by atoms with E-state index in [4.69, 9.17) is 0 Å². The molecule has 1 aliphatic rings. The maximum Gasteiger partial charge on any atom is 0.299 e. The maximum atomic E-state index is 11.3. The van der Waals surface area contributed by atoms with Crippen LogP contribution in [0.5, 0.6) is 0 Å². The molecule has 0 aliphatic carbocycles. The quantitative estimate of drug-likeness (QED) is 0.605. The van der Waals surface area contributed by atoms with Gasteiger partial charge < -0.3 is 10.6 Å². The fourth-order valence-electron chi connectivity index (χ4n) is 2.20. The summed E-state index contributed by atoms with van der Waals surface area (Å²) in [5.74, 6) is -0.625. The second-order valence-electron chi connectivity index (χ2n) is 4.35. The van der Waals surface area contributed by atoms with Crippen molar-refractivity contribution in [3.8, 4) is 0 Å². The molecule has 2 N–H and O–H groups in total. The van der Waals surface area contributed by atoms with Crippen LogP contribution in [0.3, 0.4) is 0 Å². The lowest BCUT2D eigenvalue weighted by Gasteiger charge is -2.13. The smallest absolute Gasteiger partial charge is 0.299 e. The van der Waals surface area contributed by atoms with Crippen molar-refractivity contribution >= 4 is 0 Å².